The van der Waals surface area contributed by atoms with Crippen LogP contribution in [-0.4, -0.2) is 18.0 Å². The quantitative estimate of drug-likeness (QED) is 0.184. The molecular formula is C37H45ClO4. The van der Waals surface area contributed by atoms with E-state index in [1.807, 2.05) is 54.6 Å². The van der Waals surface area contributed by atoms with Gasteiger partial charge in [-0.05, 0) is 44.2 Å². The minimum atomic E-state index is -1.29. The maximum atomic E-state index is 13.5. The van der Waals surface area contributed by atoms with E-state index in [4.69, 9.17) is 21.1 Å². The lowest BCUT2D eigenvalue weighted by Crippen LogP contribution is -2.36. The van der Waals surface area contributed by atoms with Crippen molar-refractivity contribution in [2.24, 2.45) is 0 Å². The zero-order chi connectivity index (χ0) is 29.8. The summed E-state index contributed by atoms with van der Waals surface area (Å²) < 4.78 is 11.7. The van der Waals surface area contributed by atoms with E-state index in [1.54, 1.807) is 13.8 Å². The van der Waals surface area contributed by atoms with Crippen molar-refractivity contribution in [2.75, 3.05) is 0 Å². The summed E-state index contributed by atoms with van der Waals surface area (Å²) in [5.74, 6) is -0.388. The molecule has 5 heteroatoms. The summed E-state index contributed by atoms with van der Waals surface area (Å²) in [6.07, 6.45) is 12.6. The molecule has 0 saturated heterocycles. The van der Waals surface area contributed by atoms with E-state index in [2.05, 4.69) is 24.3 Å². The van der Waals surface area contributed by atoms with E-state index in [1.165, 1.54) is 69.8 Å². The molecule has 1 aliphatic rings. The molecule has 0 bridgehead atoms. The SMILES string of the molecule is CC(C)OC(=O)CCC(=O)OC(c1ccccc1)(c1ccc(C2CCCCCCCCCC2)cc1)c1ccccc1Cl. The van der Waals surface area contributed by atoms with E-state index >= 15 is 0 Å². The Morgan fingerprint density at radius 2 is 1.24 bits per heavy atom. The maximum Gasteiger partial charge on any atom is 0.307 e. The van der Waals surface area contributed by atoms with Gasteiger partial charge in [0.2, 0.25) is 0 Å². The minimum Gasteiger partial charge on any atom is -0.463 e. The van der Waals surface area contributed by atoms with Crippen LogP contribution in [0.5, 0.6) is 0 Å². The van der Waals surface area contributed by atoms with Gasteiger partial charge in [-0.15, -0.1) is 0 Å². The third-order valence-corrected chi connectivity index (χ3v) is 8.57. The van der Waals surface area contributed by atoms with Crippen LogP contribution in [0.15, 0.2) is 78.9 Å². The van der Waals surface area contributed by atoms with Crippen molar-refractivity contribution in [3.8, 4) is 0 Å². The molecule has 1 aliphatic carbocycles. The van der Waals surface area contributed by atoms with Crippen LogP contribution in [-0.2, 0) is 24.7 Å². The molecule has 0 aliphatic heterocycles. The number of carbonyl (C=O) groups is 2. The van der Waals surface area contributed by atoms with Crippen LogP contribution in [0.4, 0.5) is 0 Å². The Morgan fingerprint density at radius 3 is 1.83 bits per heavy atom. The molecule has 0 aromatic heterocycles. The molecule has 1 atom stereocenters. The second-order valence-corrected chi connectivity index (χ2v) is 12.2. The van der Waals surface area contributed by atoms with E-state index < -0.39 is 17.5 Å². The summed E-state index contributed by atoms with van der Waals surface area (Å²) in [6, 6.07) is 25.8. The minimum absolute atomic E-state index is 0.0506. The van der Waals surface area contributed by atoms with E-state index in [0.29, 0.717) is 16.5 Å². The van der Waals surface area contributed by atoms with Crippen LogP contribution in [0.25, 0.3) is 0 Å². The molecule has 0 amide bonds. The van der Waals surface area contributed by atoms with E-state index in [-0.39, 0.29) is 18.9 Å². The predicted molar refractivity (Wildman–Crippen MR) is 170 cm³/mol. The van der Waals surface area contributed by atoms with Crippen molar-refractivity contribution in [3.63, 3.8) is 0 Å². The number of hydrogen-bond acceptors (Lipinski definition) is 4. The molecule has 4 nitrogen and oxygen atoms in total. The molecule has 224 valence electrons. The highest BCUT2D eigenvalue weighted by Crippen LogP contribution is 2.44. The lowest BCUT2D eigenvalue weighted by molar-refractivity contribution is -0.158. The zero-order valence-corrected chi connectivity index (χ0v) is 25.9. The van der Waals surface area contributed by atoms with Gasteiger partial charge in [0.05, 0.1) is 18.9 Å². The average Bonchev–Trinajstić information content (AvgIpc) is 3.06. The number of carbonyl (C=O) groups excluding carboxylic acids is 2. The molecule has 42 heavy (non-hydrogen) atoms. The first-order chi connectivity index (χ1) is 20.4. The van der Waals surface area contributed by atoms with Crippen molar-refractivity contribution in [1.82, 2.24) is 0 Å². The van der Waals surface area contributed by atoms with Gasteiger partial charge in [0, 0.05) is 21.7 Å². The molecule has 0 radical (unpaired) electrons. The Morgan fingerprint density at radius 1 is 0.714 bits per heavy atom. The summed E-state index contributed by atoms with van der Waals surface area (Å²) in [5.41, 5.74) is 2.34. The average molecular weight is 589 g/mol. The van der Waals surface area contributed by atoms with Crippen LogP contribution < -0.4 is 0 Å². The Labute approximate surface area is 256 Å². The number of rotatable bonds is 9. The van der Waals surface area contributed by atoms with Crippen molar-refractivity contribution < 1.29 is 19.1 Å². The van der Waals surface area contributed by atoms with Crippen LogP contribution in [0, 0.1) is 0 Å². The van der Waals surface area contributed by atoms with Gasteiger partial charge in [0.25, 0.3) is 0 Å². The summed E-state index contributed by atoms with van der Waals surface area (Å²) in [7, 11) is 0. The standard InChI is InChI=1S/C37H45ClO4/c1-28(2)41-35(39)26-27-36(40)42-37(31-18-12-9-13-19-31,33-20-14-15-21-34(33)38)32-24-22-30(23-25-32)29-16-10-7-5-3-4-6-8-11-17-29/h9,12-15,18-25,28-29H,3-8,10-11,16-17,26-27H2,1-2H3. The molecular weight excluding hydrogens is 544 g/mol. The van der Waals surface area contributed by atoms with Crippen molar-refractivity contribution in [1.29, 1.82) is 0 Å². The molecule has 0 heterocycles. The Kier molecular flexibility index (Phi) is 12.1. The fraction of sp³-hybridized carbons (Fsp3) is 0.459. The summed E-state index contributed by atoms with van der Waals surface area (Å²) in [4.78, 5) is 25.7. The van der Waals surface area contributed by atoms with Crippen LogP contribution in [0.3, 0.4) is 0 Å². The third-order valence-electron chi connectivity index (χ3n) is 8.24. The molecule has 3 aromatic carbocycles. The van der Waals surface area contributed by atoms with E-state index in [9.17, 15) is 9.59 Å². The number of halogens is 1. The molecule has 1 saturated carbocycles. The van der Waals surface area contributed by atoms with Gasteiger partial charge in [-0.2, -0.15) is 0 Å². The van der Waals surface area contributed by atoms with Crippen molar-refractivity contribution >= 4 is 23.5 Å². The Hall–Kier alpha value is -3.11. The van der Waals surface area contributed by atoms with Gasteiger partial charge in [-0.1, -0.05) is 136 Å². The highest BCUT2D eigenvalue weighted by atomic mass is 35.5. The van der Waals surface area contributed by atoms with Gasteiger partial charge in [-0.3, -0.25) is 9.59 Å². The molecule has 1 fully saturated rings. The van der Waals surface area contributed by atoms with Gasteiger partial charge in [0.15, 0.2) is 5.60 Å². The monoisotopic (exact) mass is 588 g/mol. The predicted octanol–water partition coefficient (Wildman–Crippen LogP) is 9.91. The first-order valence-electron chi connectivity index (χ1n) is 15.7. The second-order valence-electron chi connectivity index (χ2n) is 11.8. The number of esters is 2. The smallest absolute Gasteiger partial charge is 0.307 e. The van der Waals surface area contributed by atoms with Crippen molar-refractivity contribution in [3.05, 3.63) is 106 Å². The van der Waals surface area contributed by atoms with E-state index in [0.717, 1.165) is 11.1 Å². The molecule has 0 N–H and O–H groups in total. The maximum absolute atomic E-state index is 13.5. The first kappa shape index (κ1) is 31.8. The fourth-order valence-corrected chi connectivity index (χ4v) is 6.40. The van der Waals surface area contributed by atoms with Gasteiger partial charge < -0.3 is 9.47 Å². The van der Waals surface area contributed by atoms with Crippen LogP contribution >= 0.6 is 11.6 Å². The van der Waals surface area contributed by atoms with Crippen molar-refractivity contribution in [2.45, 2.75) is 109 Å². The normalized spacial score (nSPS) is 16.7. The molecule has 0 spiro atoms. The molecule has 3 aromatic rings. The fourth-order valence-electron chi connectivity index (χ4n) is 6.13. The molecule has 1 unspecified atom stereocenters. The van der Waals surface area contributed by atoms with Gasteiger partial charge >= 0.3 is 11.9 Å². The zero-order valence-electron chi connectivity index (χ0n) is 25.2. The van der Waals surface area contributed by atoms with Gasteiger partial charge in [-0.25, -0.2) is 0 Å². The summed E-state index contributed by atoms with van der Waals surface area (Å²) in [5, 5.41) is 0.501. The highest BCUT2D eigenvalue weighted by molar-refractivity contribution is 6.31. The highest BCUT2D eigenvalue weighted by Gasteiger charge is 2.42. The number of hydrogen-bond donors (Lipinski definition) is 0. The van der Waals surface area contributed by atoms with Gasteiger partial charge in [0.1, 0.15) is 0 Å². The van der Waals surface area contributed by atoms with Crippen LogP contribution in [0.2, 0.25) is 5.02 Å². The Balaban J connectivity index is 1.72. The first-order valence-corrected chi connectivity index (χ1v) is 16.1. The summed E-state index contributed by atoms with van der Waals surface area (Å²) >= 11 is 6.84. The number of benzene rings is 3. The number of ether oxygens (including phenoxy) is 2. The lowest BCUT2D eigenvalue weighted by atomic mass is 9.78. The second kappa shape index (κ2) is 15.9. The van der Waals surface area contributed by atoms with Crippen LogP contribution in [0.1, 0.15) is 119 Å². The summed E-state index contributed by atoms with van der Waals surface area (Å²) in [6.45, 7) is 3.58. The Bertz CT molecular complexity index is 1260. The largest absolute Gasteiger partial charge is 0.463 e. The third kappa shape index (κ3) is 8.47. The topological polar surface area (TPSA) is 52.6 Å². The lowest BCUT2D eigenvalue weighted by Gasteiger charge is -2.36. The molecule has 4 rings (SSSR count).